The zero-order valence-corrected chi connectivity index (χ0v) is 12.5. The number of fused-ring (bicyclic) bond motifs is 1. The molecule has 2 atom stereocenters. The van der Waals surface area contributed by atoms with Gasteiger partial charge in [0.2, 0.25) is 0 Å². The first kappa shape index (κ1) is 14.2. The van der Waals surface area contributed by atoms with Gasteiger partial charge in [-0.2, -0.15) is 0 Å². The van der Waals surface area contributed by atoms with Gasteiger partial charge in [0.05, 0.1) is 13.2 Å². The summed E-state index contributed by atoms with van der Waals surface area (Å²) in [6.45, 7) is 0. The Morgan fingerprint density at radius 1 is 1.10 bits per heavy atom. The summed E-state index contributed by atoms with van der Waals surface area (Å²) < 4.78 is 5.38. The van der Waals surface area contributed by atoms with Crippen molar-refractivity contribution in [2.24, 2.45) is 5.92 Å². The Bertz CT molecular complexity index is 606. The summed E-state index contributed by atoms with van der Waals surface area (Å²) in [6.07, 6.45) is 3.47. The van der Waals surface area contributed by atoms with Crippen LogP contribution in [0.25, 0.3) is 0 Å². The molecule has 2 unspecified atom stereocenters. The second-order valence-electron chi connectivity index (χ2n) is 5.85. The average Bonchev–Trinajstić information content (AvgIpc) is 2.55. The fourth-order valence-corrected chi connectivity index (χ4v) is 3.32. The predicted octanol–water partition coefficient (Wildman–Crippen LogP) is 3.40. The maximum atomic E-state index is 10.6. The molecule has 1 N–H and O–H groups in total. The van der Waals surface area contributed by atoms with Gasteiger partial charge in [-0.25, -0.2) is 0 Å². The molecule has 2 aromatic rings. The van der Waals surface area contributed by atoms with E-state index in [9.17, 15) is 5.11 Å². The first-order valence-corrected chi connectivity index (χ1v) is 7.64. The Kier molecular flexibility index (Phi) is 4.26. The number of aliphatic hydroxyl groups is 1. The minimum Gasteiger partial charge on any atom is -0.496 e. The van der Waals surface area contributed by atoms with Crippen molar-refractivity contribution in [1.29, 1.82) is 0 Å². The van der Waals surface area contributed by atoms with E-state index in [1.54, 1.807) is 7.11 Å². The quantitative estimate of drug-likeness (QED) is 0.931. The number of hydrogen-bond acceptors (Lipinski definition) is 2. The van der Waals surface area contributed by atoms with Gasteiger partial charge in [0.25, 0.3) is 0 Å². The molecule has 0 saturated heterocycles. The maximum Gasteiger partial charge on any atom is 0.122 e. The number of methoxy groups -OCH3 is 1. The number of hydrogen-bond donors (Lipinski definition) is 1. The predicted molar refractivity (Wildman–Crippen MR) is 84.7 cm³/mol. The maximum absolute atomic E-state index is 10.6. The molecule has 0 amide bonds. The van der Waals surface area contributed by atoms with E-state index in [-0.39, 0.29) is 6.10 Å². The lowest BCUT2D eigenvalue weighted by molar-refractivity contribution is 0.0986. The Hall–Kier alpha value is -1.80. The van der Waals surface area contributed by atoms with Crippen LogP contribution in [0.1, 0.15) is 23.1 Å². The first-order chi connectivity index (χ1) is 10.3. The second-order valence-corrected chi connectivity index (χ2v) is 5.85. The lowest BCUT2D eigenvalue weighted by Crippen LogP contribution is -2.28. The monoisotopic (exact) mass is 282 g/mol. The van der Waals surface area contributed by atoms with Gasteiger partial charge in [0, 0.05) is 6.42 Å². The standard InChI is InChI=1S/C19H22O2/c1-21-19-9-5-4-8-17(19)13-18(20)16-11-10-14-6-2-3-7-15(14)12-16/h2-9,16,18,20H,10-13H2,1H3. The van der Waals surface area contributed by atoms with Crippen LogP contribution in [0.2, 0.25) is 0 Å². The minimum atomic E-state index is -0.311. The van der Waals surface area contributed by atoms with Crippen LogP contribution >= 0.6 is 0 Å². The highest BCUT2D eigenvalue weighted by Gasteiger charge is 2.25. The van der Waals surface area contributed by atoms with Crippen molar-refractivity contribution in [3.05, 3.63) is 65.2 Å². The summed E-state index contributed by atoms with van der Waals surface area (Å²) in [7, 11) is 1.68. The third-order valence-electron chi connectivity index (χ3n) is 4.55. The Balaban J connectivity index is 1.71. The molecule has 110 valence electrons. The Labute approximate surface area is 126 Å². The van der Waals surface area contributed by atoms with E-state index in [1.807, 2.05) is 24.3 Å². The van der Waals surface area contributed by atoms with Crippen molar-refractivity contribution in [2.75, 3.05) is 7.11 Å². The van der Waals surface area contributed by atoms with E-state index in [2.05, 4.69) is 24.3 Å². The lowest BCUT2D eigenvalue weighted by Gasteiger charge is -2.29. The van der Waals surface area contributed by atoms with Gasteiger partial charge in [-0.1, -0.05) is 42.5 Å². The second kappa shape index (κ2) is 6.31. The molecule has 3 rings (SSSR count). The molecular formula is C19H22O2. The SMILES string of the molecule is COc1ccccc1CC(O)C1CCc2ccccc2C1. The van der Waals surface area contributed by atoms with Crippen molar-refractivity contribution in [2.45, 2.75) is 31.8 Å². The summed E-state index contributed by atoms with van der Waals surface area (Å²) in [5, 5.41) is 10.6. The molecule has 2 heteroatoms. The molecule has 2 nitrogen and oxygen atoms in total. The van der Waals surface area contributed by atoms with Crippen LogP contribution in [0.3, 0.4) is 0 Å². The average molecular weight is 282 g/mol. The number of para-hydroxylation sites is 1. The van der Waals surface area contributed by atoms with Crippen LogP contribution in [0.5, 0.6) is 5.75 Å². The third kappa shape index (κ3) is 3.11. The molecule has 0 bridgehead atoms. The molecule has 0 fully saturated rings. The summed E-state index contributed by atoms with van der Waals surface area (Å²) in [4.78, 5) is 0. The fraction of sp³-hybridized carbons (Fsp3) is 0.368. The van der Waals surface area contributed by atoms with Crippen LogP contribution in [0, 0.1) is 5.92 Å². The fourth-order valence-electron chi connectivity index (χ4n) is 3.32. The molecule has 0 saturated carbocycles. The molecule has 21 heavy (non-hydrogen) atoms. The van der Waals surface area contributed by atoms with Gasteiger partial charge < -0.3 is 9.84 Å². The van der Waals surface area contributed by atoms with E-state index in [0.29, 0.717) is 12.3 Å². The van der Waals surface area contributed by atoms with Gasteiger partial charge in [-0.05, 0) is 47.9 Å². The van der Waals surface area contributed by atoms with Crippen LogP contribution < -0.4 is 4.74 Å². The van der Waals surface area contributed by atoms with Crippen LogP contribution in [-0.2, 0) is 19.3 Å². The van der Waals surface area contributed by atoms with Gasteiger partial charge in [-0.3, -0.25) is 0 Å². The number of aryl methyl sites for hydroxylation is 1. The highest BCUT2D eigenvalue weighted by atomic mass is 16.5. The normalized spacial score (nSPS) is 18.9. The molecule has 0 aliphatic heterocycles. The molecule has 1 aliphatic carbocycles. The summed E-state index contributed by atoms with van der Waals surface area (Å²) in [5.74, 6) is 1.21. The Morgan fingerprint density at radius 2 is 1.81 bits per heavy atom. The molecule has 0 spiro atoms. The largest absolute Gasteiger partial charge is 0.496 e. The van der Waals surface area contributed by atoms with E-state index >= 15 is 0 Å². The summed E-state index contributed by atoms with van der Waals surface area (Å²) >= 11 is 0. The van der Waals surface area contributed by atoms with Gasteiger partial charge in [0.15, 0.2) is 0 Å². The Morgan fingerprint density at radius 3 is 2.62 bits per heavy atom. The smallest absolute Gasteiger partial charge is 0.122 e. The van der Waals surface area contributed by atoms with Crippen LogP contribution in [0.4, 0.5) is 0 Å². The number of ether oxygens (including phenoxy) is 1. The summed E-state index contributed by atoms with van der Waals surface area (Å²) in [6, 6.07) is 16.6. The van der Waals surface area contributed by atoms with Crippen molar-refractivity contribution >= 4 is 0 Å². The highest BCUT2D eigenvalue weighted by molar-refractivity contribution is 5.34. The number of rotatable bonds is 4. The zero-order valence-electron chi connectivity index (χ0n) is 12.5. The number of benzene rings is 2. The highest BCUT2D eigenvalue weighted by Crippen LogP contribution is 2.30. The molecule has 0 aromatic heterocycles. The molecule has 0 heterocycles. The number of aliphatic hydroxyl groups excluding tert-OH is 1. The molecule has 2 aromatic carbocycles. The van der Waals surface area contributed by atoms with E-state index < -0.39 is 0 Å². The van der Waals surface area contributed by atoms with Gasteiger partial charge in [-0.15, -0.1) is 0 Å². The third-order valence-corrected chi connectivity index (χ3v) is 4.55. The van der Waals surface area contributed by atoms with Crippen molar-refractivity contribution in [3.63, 3.8) is 0 Å². The van der Waals surface area contributed by atoms with E-state index in [1.165, 1.54) is 11.1 Å². The van der Waals surface area contributed by atoms with Crippen molar-refractivity contribution in [3.8, 4) is 5.75 Å². The topological polar surface area (TPSA) is 29.5 Å². The summed E-state index contributed by atoms with van der Waals surface area (Å²) in [5.41, 5.74) is 3.93. The van der Waals surface area contributed by atoms with Gasteiger partial charge >= 0.3 is 0 Å². The molecular weight excluding hydrogens is 260 g/mol. The minimum absolute atomic E-state index is 0.311. The first-order valence-electron chi connectivity index (χ1n) is 7.64. The van der Waals surface area contributed by atoms with E-state index in [4.69, 9.17) is 4.74 Å². The van der Waals surface area contributed by atoms with Gasteiger partial charge in [0.1, 0.15) is 5.75 Å². The molecule has 1 aliphatic rings. The zero-order chi connectivity index (χ0) is 14.7. The van der Waals surface area contributed by atoms with E-state index in [0.717, 1.165) is 30.6 Å². The van der Waals surface area contributed by atoms with Crippen molar-refractivity contribution in [1.82, 2.24) is 0 Å². The van der Waals surface area contributed by atoms with Crippen LogP contribution in [-0.4, -0.2) is 18.3 Å². The van der Waals surface area contributed by atoms with Crippen molar-refractivity contribution < 1.29 is 9.84 Å². The van der Waals surface area contributed by atoms with Crippen LogP contribution in [0.15, 0.2) is 48.5 Å². The lowest BCUT2D eigenvalue weighted by atomic mass is 9.79. The molecule has 0 radical (unpaired) electrons.